The van der Waals surface area contributed by atoms with Crippen molar-refractivity contribution in [2.75, 3.05) is 13.2 Å². The second kappa shape index (κ2) is 10.3. The summed E-state index contributed by atoms with van der Waals surface area (Å²) in [6, 6.07) is 4.24. The number of hydrogen-bond donors (Lipinski definition) is 0. The van der Waals surface area contributed by atoms with Gasteiger partial charge in [0.25, 0.3) is 5.91 Å². The van der Waals surface area contributed by atoms with Gasteiger partial charge in [-0.05, 0) is 72.5 Å². The highest BCUT2D eigenvalue weighted by molar-refractivity contribution is 14.1. The Hall–Kier alpha value is -0.800. The Balaban J connectivity index is 1.86. The van der Waals surface area contributed by atoms with Crippen molar-refractivity contribution in [1.82, 2.24) is 4.90 Å². The summed E-state index contributed by atoms with van der Waals surface area (Å²) in [5.41, 5.74) is 0.931. The molecule has 1 aliphatic heterocycles. The molecule has 2 aliphatic rings. The van der Waals surface area contributed by atoms with E-state index in [9.17, 15) is 4.79 Å². The topological polar surface area (TPSA) is 38.8 Å². The van der Waals surface area contributed by atoms with Gasteiger partial charge in [-0.15, -0.1) is 0 Å². The molecule has 0 radical (unpaired) electrons. The number of ether oxygens (including phenoxy) is 2. The van der Waals surface area contributed by atoms with Crippen LogP contribution in [0.25, 0.3) is 6.08 Å². The summed E-state index contributed by atoms with van der Waals surface area (Å²) < 4.78 is 13.3. The zero-order valence-electron chi connectivity index (χ0n) is 16.3. The molecule has 7 heteroatoms. The summed E-state index contributed by atoms with van der Waals surface area (Å²) in [4.78, 5) is 15.6. The molecule has 1 saturated heterocycles. The lowest BCUT2D eigenvalue weighted by atomic mass is 9.94. The third-order valence-corrected chi connectivity index (χ3v) is 6.98. The van der Waals surface area contributed by atoms with Crippen LogP contribution in [0.5, 0.6) is 11.5 Å². The summed E-state index contributed by atoms with van der Waals surface area (Å²) in [5, 5.41) is 0. The van der Waals surface area contributed by atoms with E-state index in [1.54, 1.807) is 0 Å². The van der Waals surface area contributed by atoms with Crippen molar-refractivity contribution in [2.45, 2.75) is 58.4 Å². The fourth-order valence-corrected chi connectivity index (χ4v) is 5.75. The largest absolute Gasteiger partial charge is 0.490 e. The fourth-order valence-electron chi connectivity index (χ4n) is 3.56. The highest BCUT2D eigenvalue weighted by atomic mass is 127. The van der Waals surface area contributed by atoms with Gasteiger partial charge in [-0.25, -0.2) is 0 Å². The number of hydrogen-bond acceptors (Lipinski definition) is 5. The molecule has 1 amide bonds. The van der Waals surface area contributed by atoms with Gasteiger partial charge in [0.05, 0.1) is 21.7 Å². The first-order chi connectivity index (χ1) is 13.5. The maximum absolute atomic E-state index is 13.0. The minimum atomic E-state index is 0.0428. The summed E-state index contributed by atoms with van der Waals surface area (Å²) in [6.07, 6.45) is 8.58. The number of nitrogens with zero attached hydrogens (tertiary/aromatic N) is 1. The highest BCUT2D eigenvalue weighted by Gasteiger charge is 2.37. The number of carbonyl (C=O) groups excluding carboxylic acids is 1. The van der Waals surface area contributed by atoms with E-state index in [1.807, 2.05) is 30.0 Å². The van der Waals surface area contributed by atoms with Crippen LogP contribution in [0.2, 0.25) is 0 Å². The van der Waals surface area contributed by atoms with Crippen LogP contribution in [0, 0.1) is 3.57 Å². The molecule has 1 aromatic carbocycles. The van der Waals surface area contributed by atoms with E-state index in [1.165, 1.54) is 31.0 Å². The molecule has 0 unspecified atom stereocenters. The van der Waals surface area contributed by atoms with Gasteiger partial charge in [-0.1, -0.05) is 50.2 Å². The number of amides is 1. The molecule has 1 heterocycles. The Labute approximate surface area is 190 Å². The minimum absolute atomic E-state index is 0.0428. The van der Waals surface area contributed by atoms with E-state index in [0.29, 0.717) is 22.4 Å². The van der Waals surface area contributed by atoms with Gasteiger partial charge < -0.3 is 9.47 Å². The molecule has 0 bridgehead atoms. The van der Waals surface area contributed by atoms with Crippen LogP contribution < -0.4 is 9.47 Å². The quantitative estimate of drug-likeness (QED) is 0.245. The standard InChI is InChI=1S/C21H26INO3S2/c1-3-10-26-19-16(22)11-14(12-17(19)25-4-2)13-18-20(24)23(21(27)28-18)15-8-6-5-7-9-15/h11-13,15H,3-10H2,1-2H3/b18-13+. The summed E-state index contributed by atoms with van der Waals surface area (Å²) >= 11 is 9.21. The maximum atomic E-state index is 13.0. The second-order valence-electron chi connectivity index (χ2n) is 6.96. The van der Waals surface area contributed by atoms with Crippen molar-refractivity contribution in [3.63, 3.8) is 0 Å². The van der Waals surface area contributed by atoms with Gasteiger partial charge in [0.15, 0.2) is 11.5 Å². The van der Waals surface area contributed by atoms with Gasteiger partial charge in [0.1, 0.15) is 4.32 Å². The summed E-state index contributed by atoms with van der Waals surface area (Å²) in [7, 11) is 0. The molecule has 28 heavy (non-hydrogen) atoms. The minimum Gasteiger partial charge on any atom is -0.490 e. The molecule has 152 valence electrons. The van der Waals surface area contributed by atoms with E-state index in [4.69, 9.17) is 21.7 Å². The number of carbonyl (C=O) groups is 1. The van der Waals surface area contributed by atoms with Crippen LogP contribution in [0.4, 0.5) is 0 Å². The maximum Gasteiger partial charge on any atom is 0.266 e. The van der Waals surface area contributed by atoms with Crippen LogP contribution in [-0.4, -0.2) is 34.4 Å². The van der Waals surface area contributed by atoms with Crippen LogP contribution >= 0.6 is 46.6 Å². The van der Waals surface area contributed by atoms with E-state index >= 15 is 0 Å². The van der Waals surface area contributed by atoms with Gasteiger partial charge in [0, 0.05) is 6.04 Å². The molecule has 0 atom stereocenters. The van der Waals surface area contributed by atoms with Crippen molar-refractivity contribution in [3.05, 3.63) is 26.2 Å². The van der Waals surface area contributed by atoms with Gasteiger partial charge in [-0.3, -0.25) is 9.69 Å². The van der Waals surface area contributed by atoms with Crippen LogP contribution in [0.3, 0.4) is 0 Å². The van der Waals surface area contributed by atoms with Crippen molar-refractivity contribution in [3.8, 4) is 11.5 Å². The number of benzene rings is 1. The normalized spacial score (nSPS) is 19.5. The van der Waals surface area contributed by atoms with Crippen molar-refractivity contribution < 1.29 is 14.3 Å². The van der Waals surface area contributed by atoms with Crippen molar-refractivity contribution in [1.29, 1.82) is 0 Å². The lowest BCUT2D eigenvalue weighted by molar-refractivity contribution is -0.124. The zero-order chi connectivity index (χ0) is 20.1. The number of thiocarbonyl (C=S) groups is 1. The number of halogens is 1. The van der Waals surface area contributed by atoms with E-state index < -0.39 is 0 Å². The monoisotopic (exact) mass is 531 g/mol. The van der Waals surface area contributed by atoms with Crippen LogP contribution in [-0.2, 0) is 4.79 Å². The molecule has 2 fully saturated rings. The predicted molar refractivity (Wildman–Crippen MR) is 128 cm³/mol. The molecular weight excluding hydrogens is 505 g/mol. The Morgan fingerprint density at radius 3 is 2.68 bits per heavy atom. The Morgan fingerprint density at radius 2 is 2.00 bits per heavy atom. The molecule has 1 aliphatic carbocycles. The van der Waals surface area contributed by atoms with E-state index in [0.717, 1.165) is 39.9 Å². The SMILES string of the molecule is CCCOc1c(I)cc(/C=C2/SC(=S)N(C3CCCCC3)C2=O)cc1OCC. The summed E-state index contributed by atoms with van der Waals surface area (Å²) in [6.45, 7) is 5.25. The van der Waals surface area contributed by atoms with Crippen molar-refractivity contribution in [2.24, 2.45) is 0 Å². The smallest absolute Gasteiger partial charge is 0.266 e. The van der Waals surface area contributed by atoms with E-state index in [2.05, 4.69) is 29.5 Å². The lowest BCUT2D eigenvalue weighted by Crippen LogP contribution is -2.39. The zero-order valence-corrected chi connectivity index (χ0v) is 20.1. The second-order valence-corrected chi connectivity index (χ2v) is 9.79. The first kappa shape index (κ1) is 21.9. The number of thioether (sulfide) groups is 1. The predicted octanol–water partition coefficient (Wildman–Crippen LogP) is 6.01. The molecule has 4 nitrogen and oxygen atoms in total. The fraction of sp³-hybridized carbons (Fsp3) is 0.524. The Bertz CT molecular complexity index is 775. The molecule has 0 aromatic heterocycles. The third kappa shape index (κ3) is 5.02. The molecule has 1 aromatic rings. The summed E-state index contributed by atoms with van der Waals surface area (Å²) in [5.74, 6) is 1.54. The van der Waals surface area contributed by atoms with Crippen molar-refractivity contribution >= 4 is 62.9 Å². The lowest BCUT2D eigenvalue weighted by Gasteiger charge is -2.29. The first-order valence-corrected chi connectivity index (χ1v) is 12.2. The van der Waals surface area contributed by atoms with E-state index in [-0.39, 0.29) is 11.9 Å². The first-order valence-electron chi connectivity index (χ1n) is 9.91. The van der Waals surface area contributed by atoms with Crippen LogP contribution in [0.15, 0.2) is 17.0 Å². The number of rotatable bonds is 7. The third-order valence-electron chi connectivity index (χ3n) is 4.84. The van der Waals surface area contributed by atoms with Crippen LogP contribution in [0.1, 0.15) is 57.9 Å². The molecule has 1 saturated carbocycles. The average Bonchev–Trinajstić information content (AvgIpc) is 2.95. The van der Waals surface area contributed by atoms with Gasteiger partial charge >= 0.3 is 0 Å². The molecular formula is C21H26INO3S2. The molecule has 0 N–H and O–H groups in total. The highest BCUT2D eigenvalue weighted by Crippen LogP contribution is 2.39. The van der Waals surface area contributed by atoms with Gasteiger partial charge in [-0.2, -0.15) is 0 Å². The molecule has 0 spiro atoms. The Morgan fingerprint density at radius 1 is 1.25 bits per heavy atom. The molecule has 3 rings (SSSR count). The van der Waals surface area contributed by atoms with Gasteiger partial charge in [0.2, 0.25) is 0 Å². The Kier molecular flexibility index (Phi) is 8.05. The average molecular weight is 531 g/mol.